The Labute approximate surface area is 149 Å². The zero-order chi connectivity index (χ0) is 17.6. The van der Waals surface area contributed by atoms with Gasteiger partial charge in [0, 0.05) is 29.1 Å². The second-order valence-electron chi connectivity index (χ2n) is 5.26. The molecule has 3 aromatic rings. The summed E-state index contributed by atoms with van der Waals surface area (Å²) in [5.74, 6) is 1.52. The standard InChI is InChI=1S/C18H16ClN3O3/c1-24-15-7-5-12(6-8-15)17-21-16(25-22-17)9-10-20-18(23)13-3-2-4-14(19)11-13/h2-8,11H,9-10H2,1H3,(H,20,23). The van der Waals surface area contributed by atoms with Gasteiger partial charge in [-0.1, -0.05) is 22.8 Å². The van der Waals surface area contributed by atoms with Gasteiger partial charge in [0.15, 0.2) is 0 Å². The van der Waals surface area contributed by atoms with Crippen molar-refractivity contribution in [3.05, 3.63) is 65.0 Å². The van der Waals surface area contributed by atoms with Crippen LogP contribution in [-0.2, 0) is 6.42 Å². The Kier molecular flexibility index (Phi) is 5.30. The number of nitrogens with zero attached hydrogens (tertiary/aromatic N) is 2. The maximum atomic E-state index is 12.0. The Morgan fingerprint density at radius 2 is 2.04 bits per heavy atom. The summed E-state index contributed by atoms with van der Waals surface area (Å²) in [5.41, 5.74) is 1.34. The summed E-state index contributed by atoms with van der Waals surface area (Å²) < 4.78 is 10.3. The Bertz CT molecular complexity index is 862. The minimum absolute atomic E-state index is 0.197. The lowest BCUT2D eigenvalue weighted by Crippen LogP contribution is -2.25. The molecule has 1 N–H and O–H groups in total. The van der Waals surface area contributed by atoms with Crippen molar-refractivity contribution in [2.75, 3.05) is 13.7 Å². The molecule has 0 spiro atoms. The Hall–Kier alpha value is -2.86. The van der Waals surface area contributed by atoms with Gasteiger partial charge in [-0.15, -0.1) is 0 Å². The Morgan fingerprint density at radius 3 is 2.76 bits per heavy atom. The van der Waals surface area contributed by atoms with Crippen molar-refractivity contribution >= 4 is 17.5 Å². The molecule has 1 heterocycles. The van der Waals surface area contributed by atoms with Crippen molar-refractivity contribution in [3.8, 4) is 17.1 Å². The number of halogens is 1. The molecule has 0 bridgehead atoms. The average molecular weight is 358 g/mol. The Balaban J connectivity index is 1.55. The molecule has 25 heavy (non-hydrogen) atoms. The van der Waals surface area contributed by atoms with E-state index in [-0.39, 0.29) is 5.91 Å². The van der Waals surface area contributed by atoms with Crippen LogP contribution in [0.25, 0.3) is 11.4 Å². The van der Waals surface area contributed by atoms with Crippen molar-refractivity contribution in [3.63, 3.8) is 0 Å². The van der Waals surface area contributed by atoms with Crippen LogP contribution in [-0.4, -0.2) is 29.7 Å². The highest BCUT2D eigenvalue weighted by Gasteiger charge is 2.10. The molecule has 0 fully saturated rings. The predicted molar refractivity (Wildman–Crippen MR) is 93.8 cm³/mol. The second kappa shape index (κ2) is 7.81. The number of amides is 1. The van der Waals surface area contributed by atoms with E-state index in [0.717, 1.165) is 11.3 Å². The van der Waals surface area contributed by atoms with E-state index < -0.39 is 0 Å². The number of nitrogens with one attached hydrogen (secondary N) is 1. The summed E-state index contributed by atoms with van der Waals surface area (Å²) >= 11 is 5.88. The third-order valence-corrected chi connectivity index (χ3v) is 3.76. The average Bonchev–Trinajstić information content (AvgIpc) is 3.10. The first kappa shape index (κ1) is 17.0. The summed E-state index contributed by atoms with van der Waals surface area (Å²) in [6, 6.07) is 14.1. The van der Waals surface area contributed by atoms with Crippen molar-refractivity contribution in [2.45, 2.75) is 6.42 Å². The van der Waals surface area contributed by atoms with Crippen LogP contribution in [0.5, 0.6) is 5.75 Å². The number of hydrogen-bond acceptors (Lipinski definition) is 5. The summed E-state index contributed by atoms with van der Waals surface area (Å²) in [5, 5.41) is 7.27. The third-order valence-electron chi connectivity index (χ3n) is 3.53. The lowest BCUT2D eigenvalue weighted by molar-refractivity contribution is 0.0953. The molecule has 2 aromatic carbocycles. The first-order valence-corrected chi connectivity index (χ1v) is 8.04. The molecule has 0 radical (unpaired) electrons. The zero-order valence-corrected chi connectivity index (χ0v) is 14.3. The van der Waals surface area contributed by atoms with Gasteiger partial charge in [-0.05, 0) is 42.5 Å². The van der Waals surface area contributed by atoms with Gasteiger partial charge in [-0.3, -0.25) is 4.79 Å². The molecular weight excluding hydrogens is 342 g/mol. The maximum Gasteiger partial charge on any atom is 0.251 e. The van der Waals surface area contributed by atoms with Crippen LogP contribution in [0.15, 0.2) is 53.1 Å². The number of ether oxygens (including phenoxy) is 1. The van der Waals surface area contributed by atoms with Crippen LogP contribution >= 0.6 is 11.6 Å². The molecule has 0 aliphatic rings. The van der Waals surface area contributed by atoms with E-state index in [1.165, 1.54) is 0 Å². The fourth-order valence-corrected chi connectivity index (χ4v) is 2.42. The van der Waals surface area contributed by atoms with Gasteiger partial charge in [0.05, 0.1) is 7.11 Å². The normalized spacial score (nSPS) is 10.5. The van der Waals surface area contributed by atoms with E-state index in [9.17, 15) is 4.79 Å². The van der Waals surface area contributed by atoms with Crippen molar-refractivity contribution in [1.82, 2.24) is 15.5 Å². The van der Waals surface area contributed by atoms with E-state index in [1.807, 2.05) is 24.3 Å². The summed E-state index contributed by atoms with van der Waals surface area (Å²) in [6.07, 6.45) is 0.440. The van der Waals surface area contributed by atoms with Gasteiger partial charge < -0.3 is 14.6 Å². The van der Waals surface area contributed by atoms with Gasteiger partial charge in [-0.25, -0.2) is 0 Å². The van der Waals surface area contributed by atoms with Gasteiger partial charge in [0.25, 0.3) is 5.91 Å². The highest BCUT2D eigenvalue weighted by molar-refractivity contribution is 6.30. The third kappa shape index (κ3) is 4.36. The molecule has 0 aliphatic heterocycles. The van der Waals surface area contributed by atoms with Gasteiger partial charge in [0.2, 0.25) is 11.7 Å². The van der Waals surface area contributed by atoms with E-state index in [1.54, 1.807) is 31.4 Å². The molecule has 6 nitrogen and oxygen atoms in total. The fourth-order valence-electron chi connectivity index (χ4n) is 2.23. The van der Waals surface area contributed by atoms with Crippen LogP contribution in [0.4, 0.5) is 0 Å². The summed E-state index contributed by atoms with van der Waals surface area (Å²) in [4.78, 5) is 16.4. The molecule has 1 amide bonds. The number of carbonyl (C=O) groups is 1. The lowest BCUT2D eigenvalue weighted by atomic mass is 10.2. The van der Waals surface area contributed by atoms with Crippen LogP contribution < -0.4 is 10.1 Å². The topological polar surface area (TPSA) is 77.3 Å². The first-order chi connectivity index (χ1) is 12.2. The number of benzene rings is 2. The highest BCUT2D eigenvalue weighted by Crippen LogP contribution is 2.19. The first-order valence-electron chi connectivity index (χ1n) is 7.66. The quantitative estimate of drug-likeness (QED) is 0.731. The molecule has 0 aliphatic carbocycles. The molecule has 3 rings (SSSR count). The number of methoxy groups -OCH3 is 1. The molecule has 0 atom stereocenters. The monoisotopic (exact) mass is 357 g/mol. The van der Waals surface area contributed by atoms with E-state index >= 15 is 0 Å². The minimum atomic E-state index is -0.197. The SMILES string of the molecule is COc1ccc(-c2noc(CCNC(=O)c3cccc(Cl)c3)n2)cc1. The van der Waals surface area contributed by atoms with E-state index in [2.05, 4.69) is 15.5 Å². The Morgan fingerprint density at radius 1 is 1.24 bits per heavy atom. The fraction of sp³-hybridized carbons (Fsp3) is 0.167. The summed E-state index contributed by atoms with van der Waals surface area (Å²) in [7, 11) is 1.61. The summed E-state index contributed by atoms with van der Waals surface area (Å²) in [6.45, 7) is 0.385. The smallest absolute Gasteiger partial charge is 0.251 e. The van der Waals surface area contributed by atoms with Crippen LogP contribution in [0.2, 0.25) is 5.02 Å². The van der Waals surface area contributed by atoms with Crippen LogP contribution in [0.3, 0.4) is 0 Å². The van der Waals surface area contributed by atoms with E-state index in [0.29, 0.717) is 35.3 Å². The lowest BCUT2D eigenvalue weighted by Gasteiger charge is -2.03. The van der Waals surface area contributed by atoms with Crippen LogP contribution in [0.1, 0.15) is 16.2 Å². The van der Waals surface area contributed by atoms with Gasteiger partial charge in [0.1, 0.15) is 5.75 Å². The number of aromatic nitrogens is 2. The van der Waals surface area contributed by atoms with Crippen molar-refractivity contribution < 1.29 is 14.1 Å². The molecular formula is C18H16ClN3O3. The van der Waals surface area contributed by atoms with Gasteiger partial charge in [-0.2, -0.15) is 4.98 Å². The highest BCUT2D eigenvalue weighted by atomic mass is 35.5. The number of hydrogen-bond donors (Lipinski definition) is 1. The molecule has 0 saturated carbocycles. The molecule has 0 saturated heterocycles. The van der Waals surface area contributed by atoms with E-state index in [4.69, 9.17) is 20.9 Å². The number of rotatable bonds is 6. The molecule has 0 unspecified atom stereocenters. The number of carbonyl (C=O) groups excluding carboxylic acids is 1. The van der Waals surface area contributed by atoms with Crippen molar-refractivity contribution in [1.29, 1.82) is 0 Å². The molecule has 1 aromatic heterocycles. The predicted octanol–water partition coefficient (Wildman–Crippen LogP) is 3.37. The largest absolute Gasteiger partial charge is 0.497 e. The van der Waals surface area contributed by atoms with Crippen LogP contribution in [0, 0.1) is 0 Å². The second-order valence-corrected chi connectivity index (χ2v) is 5.69. The minimum Gasteiger partial charge on any atom is -0.497 e. The van der Waals surface area contributed by atoms with Crippen molar-refractivity contribution in [2.24, 2.45) is 0 Å². The maximum absolute atomic E-state index is 12.0. The molecule has 7 heteroatoms. The molecule has 128 valence electrons. The zero-order valence-electron chi connectivity index (χ0n) is 13.5. The van der Waals surface area contributed by atoms with Gasteiger partial charge >= 0.3 is 0 Å².